The molecule has 0 radical (unpaired) electrons. The highest BCUT2D eigenvalue weighted by Gasteiger charge is 2.13. The first-order chi connectivity index (χ1) is 12.5. The number of halogens is 1. The highest BCUT2D eigenvalue weighted by Crippen LogP contribution is 2.23. The minimum absolute atomic E-state index is 0.0120. The molecule has 138 valence electrons. The first kappa shape index (κ1) is 19.8. The van der Waals surface area contributed by atoms with Gasteiger partial charge in [-0.05, 0) is 37.6 Å². The molecule has 0 atom stereocenters. The summed E-state index contributed by atoms with van der Waals surface area (Å²) in [6.45, 7) is 2.38. The number of hydrogen-bond donors (Lipinski definition) is 1. The monoisotopic (exact) mass is 374 g/mol. The Morgan fingerprint density at radius 3 is 2.50 bits per heavy atom. The van der Waals surface area contributed by atoms with Crippen LogP contribution >= 0.6 is 11.6 Å². The van der Waals surface area contributed by atoms with Gasteiger partial charge >= 0.3 is 0 Å². The Hall–Kier alpha value is -2.53. The smallest absolute Gasteiger partial charge is 0.243 e. The Labute approximate surface area is 158 Å². The van der Waals surface area contributed by atoms with E-state index in [1.165, 1.54) is 4.90 Å². The summed E-state index contributed by atoms with van der Waals surface area (Å²) >= 11 is 6.00. The minimum Gasteiger partial charge on any atom is -0.492 e. The Morgan fingerprint density at radius 2 is 1.81 bits per heavy atom. The van der Waals surface area contributed by atoms with E-state index in [1.807, 2.05) is 43.3 Å². The number of rotatable bonds is 8. The molecule has 0 spiro atoms. The van der Waals surface area contributed by atoms with Gasteiger partial charge in [-0.25, -0.2) is 0 Å². The zero-order valence-corrected chi connectivity index (χ0v) is 15.8. The topological polar surface area (TPSA) is 58.6 Å². The van der Waals surface area contributed by atoms with Crippen LogP contribution in [0.5, 0.6) is 5.75 Å². The molecule has 2 rings (SSSR count). The normalized spacial score (nSPS) is 10.3. The third-order valence-electron chi connectivity index (χ3n) is 3.77. The number of para-hydroxylation sites is 1. The van der Waals surface area contributed by atoms with E-state index >= 15 is 0 Å². The van der Waals surface area contributed by atoms with Crippen molar-refractivity contribution in [3.63, 3.8) is 0 Å². The number of carbonyl (C=O) groups is 2. The fourth-order valence-electron chi connectivity index (χ4n) is 2.30. The van der Waals surface area contributed by atoms with Gasteiger partial charge in [-0.2, -0.15) is 0 Å². The van der Waals surface area contributed by atoms with Crippen LogP contribution in [-0.4, -0.2) is 36.9 Å². The van der Waals surface area contributed by atoms with Gasteiger partial charge in [0, 0.05) is 19.2 Å². The number of nitrogens with one attached hydrogen (secondary N) is 1. The lowest BCUT2D eigenvalue weighted by Gasteiger charge is -2.17. The quantitative estimate of drug-likeness (QED) is 0.713. The predicted molar refractivity (Wildman–Crippen MR) is 104 cm³/mol. The Bertz CT molecular complexity index is 747. The number of anilines is 1. The molecule has 0 saturated heterocycles. The van der Waals surface area contributed by atoms with E-state index in [1.54, 1.807) is 19.2 Å². The zero-order valence-electron chi connectivity index (χ0n) is 15.0. The lowest BCUT2D eigenvalue weighted by Crippen LogP contribution is -2.34. The number of carbonyl (C=O) groups excluding carboxylic acids is 2. The second-order valence-corrected chi connectivity index (χ2v) is 6.45. The summed E-state index contributed by atoms with van der Waals surface area (Å²) in [4.78, 5) is 25.6. The van der Waals surface area contributed by atoms with Gasteiger partial charge in [0.1, 0.15) is 5.75 Å². The maximum atomic E-state index is 12.1. The molecule has 6 heteroatoms. The molecule has 0 aliphatic heterocycles. The van der Waals surface area contributed by atoms with Crippen molar-refractivity contribution in [1.82, 2.24) is 4.90 Å². The molecule has 0 aromatic heterocycles. The van der Waals surface area contributed by atoms with Crippen molar-refractivity contribution in [2.45, 2.75) is 19.8 Å². The van der Waals surface area contributed by atoms with Gasteiger partial charge < -0.3 is 15.0 Å². The molecular formula is C20H23ClN2O3. The largest absolute Gasteiger partial charge is 0.492 e. The van der Waals surface area contributed by atoms with Crippen LogP contribution in [0.15, 0.2) is 48.5 Å². The number of hydrogen-bond acceptors (Lipinski definition) is 3. The lowest BCUT2D eigenvalue weighted by atomic mass is 10.2. The summed E-state index contributed by atoms with van der Waals surface area (Å²) in [7, 11) is 1.62. The van der Waals surface area contributed by atoms with Crippen molar-refractivity contribution in [3.05, 3.63) is 59.1 Å². The van der Waals surface area contributed by atoms with Crippen molar-refractivity contribution in [2.24, 2.45) is 0 Å². The van der Waals surface area contributed by atoms with Crippen LogP contribution in [0.2, 0.25) is 5.02 Å². The fourth-order valence-corrected chi connectivity index (χ4v) is 2.49. The zero-order chi connectivity index (χ0) is 18.9. The van der Waals surface area contributed by atoms with Crippen LogP contribution in [0.3, 0.4) is 0 Å². The molecule has 0 saturated carbocycles. The summed E-state index contributed by atoms with van der Waals surface area (Å²) in [6.07, 6.45) is 0.854. The molecule has 1 N–H and O–H groups in total. The third-order valence-corrected chi connectivity index (χ3v) is 4.08. The van der Waals surface area contributed by atoms with E-state index in [4.69, 9.17) is 16.3 Å². The average Bonchev–Trinajstić information content (AvgIpc) is 2.61. The van der Waals surface area contributed by atoms with Crippen molar-refractivity contribution in [1.29, 1.82) is 0 Å². The molecule has 0 aliphatic carbocycles. The third kappa shape index (κ3) is 6.41. The van der Waals surface area contributed by atoms with Gasteiger partial charge in [0.2, 0.25) is 11.8 Å². The highest BCUT2D eigenvalue weighted by molar-refractivity contribution is 6.32. The van der Waals surface area contributed by atoms with Crippen LogP contribution in [0.4, 0.5) is 5.69 Å². The fraction of sp³-hybridized carbons (Fsp3) is 0.300. The van der Waals surface area contributed by atoms with Crippen LogP contribution in [0, 0.1) is 6.92 Å². The highest BCUT2D eigenvalue weighted by atomic mass is 35.5. The van der Waals surface area contributed by atoms with E-state index < -0.39 is 0 Å². The molecule has 2 amide bonds. The van der Waals surface area contributed by atoms with Crippen LogP contribution in [0.1, 0.15) is 18.4 Å². The first-order valence-corrected chi connectivity index (χ1v) is 8.81. The van der Waals surface area contributed by atoms with Crippen LogP contribution < -0.4 is 10.1 Å². The molecule has 0 fully saturated rings. The maximum Gasteiger partial charge on any atom is 0.243 e. The van der Waals surface area contributed by atoms with Gasteiger partial charge in [0.05, 0.1) is 18.2 Å². The number of likely N-dealkylation sites (N-methyl/N-ethyl adjacent to an activating group) is 1. The second kappa shape index (κ2) is 9.82. The number of nitrogens with zero attached hydrogens (tertiary/aromatic N) is 1. The molecular weight excluding hydrogens is 352 g/mol. The molecule has 0 aliphatic rings. The minimum atomic E-state index is -0.225. The van der Waals surface area contributed by atoms with E-state index in [0.29, 0.717) is 30.2 Å². The van der Waals surface area contributed by atoms with Crippen LogP contribution in [0.25, 0.3) is 0 Å². The molecule has 26 heavy (non-hydrogen) atoms. The average molecular weight is 375 g/mol. The summed E-state index contributed by atoms with van der Waals surface area (Å²) in [5.74, 6) is 0.274. The molecule has 0 bridgehead atoms. The molecule has 5 nitrogen and oxygen atoms in total. The van der Waals surface area contributed by atoms with Crippen molar-refractivity contribution < 1.29 is 14.3 Å². The number of ether oxygens (including phenoxy) is 1. The van der Waals surface area contributed by atoms with Gasteiger partial charge in [-0.3, -0.25) is 9.59 Å². The second-order valence-electron chi connectivity index (χ2n) is 6.05. The van der Waals surface area contributed by atoms with Crippen LogP contribution in [-0.2, 0) is 9.59 Å². The van der Waals surface area contributed by atoms with E-state index in [9.17, 15) is 9.59 Å². The van der Waals surface area contributed by atoms with Gasteiger partial charge in [-0.1, -0.05) is 41.4 Å². The Balaban J connectivity index is 1.69. The summed E-state index contributed by atoms with van der Waals surface area (Å²) < 4.78 is 5.55. The maximum absolute atomic E-state index is 12.1. The van der Waals surface area contributed by atoms with Gasteiger partial charge in [-0.15, -0.1) is 0 Å². The van der Waals surface area contributed by atoms with Crippen molar-refractivity contribution >= 4 is 29.1 Å². The summed E-state index contributed by atoms with van der Waals surface area (Å²) in [5.41, 5.74) is 1.84. The molecule has 2 aromatic rings. The SMILES string of the molecule is Cc1ccc(NC(=O)CN(C)C(=O)CCCOc2ccccc2Cl)cc1. The Kier molecular flexibility index (Phi) is 7.48. The predicted octanol–water partition coefficient (Wildman–Crippen LogP) is 3.90. The summed E-state index contributed by atoms with van der Waals surface area (Å²) in [6, 6.07) is 14.7. The van der Waals surface area contributed by atoms with Gasteiger partial charge in [0.15, 0.2) is 0 Å². The van der Waals surface area contributed by atoms with Crippen molar-refractivity contribution in [3.8, 4) is 5.75 Å². The van der Waals surface area contributed by atoms with E-state index in [0.717, 1.165) is 11.3 Å². The first-order valence-electron chi connectivity index (χ1n) is 8.43. The van der Waals surface area contributed by atoms with E-state index in [2.05, 4.69) is 5.32 Å². The van der Waals surface area contributed by atoms with Crippen molar-refractivity contribution in [2.75, 3.05) is 25.5 Å². The standard InChI is InChI=1S/C20H23ClN2O3/c1-15-9-11-16(12-10-15)22-19(24)14-23(2)20(25)8-5-13-26-18-7-4-3-6-17(18)21/h3-4,6-7,9-12H,5,8,13-14H2,1-2H3,(H,22,24). The molecule has 0 unspecified atom stereocenters. The molecule has 2 aromatic carbocycles. The van der Waals surface area contributed by atoms with E-state index in [-0.39, 0.29) is 18.4 Å². The van der Waals surface area contributed by atoms with Gasteiger partial charge in [0.25, 0.3) is 0 Å². The molecule has 0 heterocycles. The lowest BCUT2D eigenvalue weighted by molar-refractivity contribution is -0.133. The number of benzene rings is 2. The number of aryl methyl sites for hydroxylation is 1. The Morgan fingerprint density at radius 1 is 1.12 bits per heavy atom. The summed E-state index contributed by atoms with van der Waals surface area (Å²) in [5, 5.41) is 3.32. The number of amides is 2.